The minimum Gasteiger partial charge on any atom is -0.356 e. The zero-order valence-corrected chi connectivity index (χ0v) is 13.6. The van der Waals surface area contributed by atoms with E-state index in [0.717, 1.165) is 45.3 Å². The number of nitrogens with one attached hydrogen (secondary N) is 2. The molecule has 2 aliphatic rings. The first-order chi connectivity index (χ1) is 9.75. The lowest BCUT2D eigenvalue weighted by Crippen LogP contribution is -2.36. The average Bonchev–Trinajstić information content (AvgIpc) is 2.78. The van der Waals surface area contributed by atoms with Crippen LogP contribution in [0, 0.1) is 0 Å². The molecule has 0 spiro atoms. The van der Waals surface area contributed by atoms with Crippen LogP contribution >= 0.6 is 12.4 Å². The molecule has 0 bridgehead atoms. The van der Waals surface area contributed by atoms with Gasteiger partial charge in [-0.3, -0.25) is 9.59 Å². The number of halogens is 1. The number of hydrogen-bond donors (Lipinski definition) is 2. The van der Waals surface area contributed by atoms with E-state index in [4.69, 9.17) is 0 Å². The smallest absolute Gasteiger partial charge is 0.224 e. The molecule has 2 N–H and O–H groups in total. The second-order valence-corrected chi connectivity index (χ2v) is 5.89. The Morgan fingerprint density at radius 1 is 1.10 bits per heavy atom. The van der Waals surface area contributed by atoms with Gasteiger partial charge in [-0.2, -0.15) is 0 Å². The van der Waals surface area contributed by atoms with Gasteiger partial charge in [-0.1, -0.05) is 12.8 Å². The SMILES string of the molecule is Cl.O=C(CC1CCCN1)NCCC(=O)N1CCCCCC1. The van der Waals surface area contributed by atoms with Crippen molar-refractivity contribution in [1.29, 1.82) is 0 Å². The summed E-state index contributed by atoms with van der Waals surface area (Å²) in [4.78, 5) is 25.7. The Labute approximate surface area is 133 Å². The summed E-state index contributed by atoms with van der Waals surface area (Å²) in [6.07, 6.45) is 7.91. The lowest BCUT2D eigenvalue weighted by molar-refractivity contribution is -0.131. The lowest BCUT2D eigenvalue weighted by atomic mass is 10.1. The zero-order valence-electron chi connectivity index (χ0n) is 12.7. The Balaban J connectivity index is 0.00000220. The van der Waals surface area contributed by atoms with E-state index in [1.165, 1.54) is 12.8 Å². The maximum Gasteiger partial charge on any atom is 0.224 e. The highest BCUT2D eigenvalue weighted by molar-refractivity contribution is 5.85. The highest BCUT2D eigenvalue weighted by Gasteiger charge is 2.18. The quantitative estimate of drug-likeness (QED) is 0.807. The number of amides is 2. The van der Waals surface area contributed by atoms with Crippen LogP contribution in [0.4, 0.5) is 0 Å². The molecule has 2 aliphatic heterocycles. The third-order valence-corrected chi connectivity index (χ3v) is 4.21. The first kappa shape index (κ1) is 18.2. The van der Waals surface area contributed by atoms with Crippen molar-refractivity contribution in [3.8, 4) is 0 Å². The van der Waals surface area contributed by atoms with Crippen LogP contribution in [-0.4, -0.2) is 48.9 Å². The number of carbonyl (C=O) groups excluding carboxylic acids is 2. The van der Waals surface area contributed by atoms with Crippen LogP contribution in [0.15, 0.2) is 0 Å². The van der Waals surface area contributed by atoms with E-state index in [2.05, 4.69) is 10.6 Å². The highest BCUT2D eigenvalue weighted by Crippen LogP contribution is 2.11. The summed E-state index contributed by atoms with van der Waals surface area (Å²) >= 11 is 0. The van der Waals surface area contributed by atoms with Crippen LogP contribution in [0.3, 0.4) is 0 Å². The summed E-state index contributed by atoms with van der Waals surface area (Å²) in [6.45, 7) is 3.27. The third-order valence-electron chi connectivity index (χ3n) is 4.21. The fourth-order valence-corrected chi connectivity index (χ4v) is 3.01. The summed E-state index contributed by atoms with van der Waals surface area (Å²) in [5.41, 5.74) is 0. The molecule has 5 nitrogen and oxygen atoms in total. The maximum atomic E-state index is 12.0. The van der Waals surface area contributed by atoms with Gasteiger partial charge in [0.2, 0.25) is 11.8 Å². The number of nitrogens with zero attached hydrogens (tertiary/aromatic N) is 1. The van der Waals surface area contributed by atoms with E-state index in [0.29, 0.717) is 25.4 Å². The predicted molar refractivity (Wildman–Crippen MR) is 85.6 cm³/mol. The van der Waals surface area contributed by atoms with Gasteiger partial charge in [0.15, 0.2) is 0 Å². The first-order valence-corrected chi connectivity index (χ1v) is 8.03. The van der Waals surface area contributed by atoms with Gasteiger partial charge in [-0.25, -0.2) is 0 Å². The van der Waals surface area contributed by atoms with Crippen molar-refractivity contribution >= 4 is 24.2 Å². The van der Waals surface area contributed by atoms with Crippen molar-refractivity contribution in [3.05, 3.63) is 0 Å². The maximum absolute atomic E-state index is 12.0. The molecule has 0 aromatic rings. The molecule has 0 aliphatic carbocycles. The largest absolute Gasteiger partial charge is 0.356 e. The topological polar surface area (TPSA) is 61.4 Å². The van der Waals surface area contributed by atoms with E-state index in [1.807, 2.05) is 4.90 Å². The second-order valence-electron chi connectivity index (χ2n) is 5.89. The standard InChI is InChI=1S/C15H27N3O2.ClH/c19-14(12-13-6-5-8-16-13)17-9-7-15(20)18-10-3-1-2-4-11-18;/h13,16H,1-12H2,(H,17,19);1H. The Morgan fingerprint density at radius 2 is 1.81 bits per heavy atom. The van der Waals surface area contributed by atoms with Crippen LogP contribution in [0.2, 0.25) is 0 Å². The van der Waals surface area contributed by atoms with Crippen LogP contribution in [0.25, 0.3) is 0 Å². The van der Waals surface area contributed by atoms with Crippen molar-refractivity contribution in [3.63, 3.8) is 0 Å². The molecule has 0 saturated carbocycles. The Morgan fingerprint density at radius 3 is 2.43 bits per heavy atom. The van der Waals surface area contributed by atoms with Crippen molar-refractivity contribution < 1.29 is 9.59 Å². The molecule has 2 saturated heterocycles. The van der Waals surface area contributed by atoms with Gasteiger partial charge >= 0.3 is 0 Å². The second kappa shape index (κ2) is 10.0. The molecule has 21 heavy (non-hydrogen) atoms. The van der Waals surface area contributed by atoms with E-state index in [9.17, 15) is 9.59 Å². The van der Waals surface area contributed by atoms with Crippen LogP contribution in [-0.2, 0) is 9.59 Å². The van der Waals surface area contributed by atoms with Gasteiger partial charge in [0.05, 0.1) is 0 Å². The third kappa shape index (κ3) is 6.66. The molecule has 0 radical (unpaired) electrons. The molecular formula is C15H28ClN3O2. The number of carbonyl (C=O) groups is 2. The minimum atomic E-state index is 0. The predicted octanol–water partition coefficient (Wildman–Crippen LogP) is 1.46. The molecule has 1 unspecified atom stereocenters. The van der Waals surface area contributed by atoms with Crippen molar-refractivity contribution in [2.75, 3.05) is 26.2 Å². The molecule has 0 aromatic carbocycles. The lowest BCUT2D eigenvalue weighted by Gasteiger charge is -2.20. The Kier molecular flexibility index (Phi) is 8.69. The van der Waals surface area contributed by atoms with Gasteiger partial charge in [-0.15, -0.1) is 12.4 Å². The van der Waals surface area contributed by atoms with Gasteiger partial charge in [-0.05, 0) is 32.2 Å². The van der Waals surface area contributed by atoms with Gasteiger partial charge in [0.1, 0.15) is 0 Å². The summed E-state index contributed by atoms with van der Waals surface area (Å²) in [5.74, 6) is 0.249. The fourth-order valence-electron chi connectivity index (χ4n) is 3.01. The van der Waals surface area contributed by atoms with Gasteiger partial charge < -0.3 is 15.5 Å². The number of hydrogen-bond acceptors (Lipinski definition) is 3. The summed E-state index contributed by atoms with van der Waals surface area (Å²) < 4.78 is 0. The Bertz CT molecular complexity index is 325. The van der Waals surface area contributed by atoms with E-state index >= 15 is 0 Å². The van der Waals surface area contributed by atoms with E-state index in [1.54, 1.807) is 0 Å². The van der Waals surface area contributed by atoms with Crippen LogP contribution < -0.4 is 10.6 Å². The zero-order chi connectivity index (χ0) is 14.2. The summed E-state index contributed by atoms with van der Waals surface area (Å²) in [6, 6.07) is 0.330. The normalized spacial score (nSPS) is 22.3. The fraction of sp³-hybridized carbons (Fsp3) is 0.867. The van der Waals surface area contributed by atoms with E-state index in [-0.39, 0.29) is 24.2 Å². The van der Waals surface area contributed by atoms with Crippen molar-refractivity contribution in [2.45, 2.75) is 57.4 Å². The molecule has 6 heteroatoms. The molecule has 2 rings (SSSR count). The molecular weight excluding hydrogens is 290 g/mol. The van der Waals surface area contributed by atoms with E-state index < -0.39 is 0 Å². The highest BCUT2D eigenvalue weighted by atomic mass is 35.5. The monoisotopic (exact) mass is 317 g/mol. The molecule has 1 atom stereocenters. The van der Waals surface area contributed by atoms with Gasteiger partial charge in [0, 0.05) is 38.5 Å². The molecule has 2 amide bonds. The molecule has 0 aromatic heterocycles. The summed E-state index contributed by atoms with van der Waals surface area (Å²) in [7, 11) is 0. The molecule has 2 fully saturated rings. The average molecular weight is 318 g/mol. The molecule has 122 valence electrons. The Hall–Kier alpha value is -0.810. The number of rotatable bonds is 5. The van der Waals surface area contributed by atoms with Crippen LogP contribution in [0.5, 0.6) is 0 Å². The molecule has 2 heterocycles. The van der Waals surface area contributed by atoms with Crippen LogP contribution in [0.1, 0.15) is 51.4 Å². The van der Waals surface area contributed by atoms with Gasteiger partial charge in [0.25, 0.3) is 0 Å². The number of likely N-dealkylation sites (tertiary alicyclic amines) is 1. The first-order valence-electron chi connectivity index (χ1n) is 8.03. The minimum absolute atomic E-state index is 0. The van der Waals surface area contributed by atoms with Crippen molar-refractivity contribution in [1.82, 2.24) is 15.5 Å². The van der Waals surface area contributed by atoms with Crippen molar-refractivity contribution in [2.24, 2.45) is 0 Å². The summed E-state index contributed by atoms with van der Waals surface area (Å²) in [5, 5.41) is 6.18.